The lowest BCUT2D eigenvalue weighted by Crippen LogP contribution is -2.45. The quantitative estimate of drug-likeness (QED) is 0.586. The first kappa shape index (κ1) is 23.8. The number of nitrogens with one attached hydrogen (secondary N) is 1. The van der Waals surface area contributed by atoms with Gasteiger partial charge in [0.25, 0.3) is 5.91 Å². The van der Waals surface area contributed by atoms with Gasteiger partial charge in [0.15, 0.2) is 5.82 Å². The molecule has 7 heteroatoms. The summed E-state index contributed by atoms with van der Waals surface area (Å²) in [5.41, 5.74) is 7.94. The molecular formula is C28H32ClN5O. The molecule has 0 saturated carbocycles. The summed E-state index contributed by atoms with van der Waals surface area (Å²) in [6, 6.07) is 10.3. The number of amides is 1. The van der Waals surface area contributed by atoms with Crippen LogP contribution in [0, 0.1) is 13.8 Å². The molecule has 1 amide bonds. The zero-order chi connectivity index (χ0) is 24.5. The summed E-state index contributed by atoms with van der Waals surface area (Å²) in [4.78, 5) is 26.8. The Morgan fingerprint density at radius 3 is 2.46 bits per heavy atom. The number of aromatic nitrogens is 2. The molecule has 35 heavy (non-hydrogen) atoms. The number of anilines is 1. The maximum atomic E-state index is 13.0. The third-order valence-corrected chi connectivity index (χ3v) is 7.59. The van der Waals surface area contributed by atoms with Gasteiger partial charge in [-0.3, -0.25) is 4.79 Å². The summed E-state index contributed by atoms with van der Waals surface area (Å²) in [5.74, 6) is 0.473. The van der Waals surface area contributed by atoms with Gasteiger partial charge in [0.1, 0.15) is 0 Å². The van der Waals surface area contributed by atoms with Gasteiger partial charge in [0.05, 0.1) is 5.56 Å². The number of benzene rings is 2. The molecule has 2 heterocycles. The summed E-state index contributed by atoms with van der Waals surface area (Å²) < 4.78 is 0. The summed E-state index contributed by atoms with van der Waals surface area (Å²) in [6.45, 7) is 8.42. The minimum absolute atomic E-state index is 0.0983. The maximum absolute atomic E-state index is 13.0. The summed E-state index contributed by atoms with van der Waals surface area (Å²) >= 11 is 6.07. The molecule has 0 unspecified atom stereocenters. The van der Waals surface area contributed by atoms with Crippen LogP contribution in [0.1, 0.15) is 39.0 Å². The number of aryl methyl sites for hydroxylation is 2. The van der Waals surface area contributed by atoms with Crippen molar-refractivity contribution in [3.05, 3.63) is 75.6 Å². The lowest BCUT2D eigenvalue weighted by molar-refractivity contribution is 0.0933. The topological polar surface area (TPSA) is 61.4 Å². The van der Waals surface area contributed by atoms with E-state index in [1.54, 1.807) is 12.4 Å². The van der Waals surface area contributed by atoms with Crippen LogP contribution in [-0.4, -0.2) is 60.0 Å². The van der Waals surface area contributed by atoms with Gasteiger partial charge in [-0.05, 0) is 86.7 Å². The monoisotopic (exact) mass is 489 g/mol. The summed E-state index contributed by atoms with van der Waals surface area (Å²) in [6.07, 6.45) is 6.01. The smallest absolute Gasteiger partial charge is 0.254 e. The van der Waals surface area contributed by atoms with Crippen molar-refractivity contribution in [2.45, 2.75) is 39.2 Å². The van der Waals surface area contributed by atoms with Gasteiger partial charge in [-0.25, -0.2) is 9.97 Å². The number of carbonyl (C=O) groups excluding carboxylic acids is 1. The fraction of sp³-hybridized carbons (Fsp3) is 0.393. The zero-order valence-electron chi connectivity index (χ0n) is 20.6. The molecule has 1 aliphatic carbocycles. The number of hydrogen-bond donors (Lipinski definition) is 1. The molecule has 1 fully saturated rings. The van der Waals surface area contributed by atoms with Crippen LogP contribution >= 0.6 is 11.6 Å². The molecule has 0 bridgehead atoms. The maximum Gasteiger partial charge on any atom is 0.254 e. The molecule has 2 aromatic carbocycles. The molecule has 1 saturated heterocycles. The molecule has 2 aliphatic rings. The molecule has 5 rings (SSSR count). The summed E-state index contributed by atoms with van der Waals surface area (Å²) in [5, 5.41) is 3.93. The van der Waals surface area contributed by atoms with Gasteiger partial charge in [-0.2, -0.15) is 0 Å². The molecular weight excluding hydrogens is 458 g/mol. The minimum Gasteiger partial charge on any atom is -0.369 e. The highest BCUT2D eigenvalue weighted by Crippen LogP contribution is 2.33. The van der Waals surface area contributed by atoms with Crippen molar-refractivity contribution in [1.29, 1.82) is 0 Å². The Kier molecular flexibility index (Phi) is 6.76. The average Bonchev–Trinajstić information content (AvgIpc) is 2.85. The van der Waals surface area contributed by atoms with Crippen LogP contribution in [0.15, 0.2) is 42.7 Å². The SMILES string of the molecule is Cc1cc(Cl)ccc1-c1ncc(C(=O)N[C@@H]2CCc3c(C)ccc(N4CCN(C)CC4)c3C2)cn1. The Balaban J connectivity index is 1.30. The van der Waals surface area contributed by atoms with Crippen molar-refractivity contribution >= 4 is 23.2 Å². The zero-order valence-corrected chi connectivity index (χ0v) is 21.4. The molecule has 3 aromatic rings. The fourth-order valence-electron chi connectivity index (χ4n) is 5.24. The normalized spacial score (nSPS) is 18.3. The number of halogens is 1. The Morgan fingerprint density at radius 1 is 1.00 bits per heavy atom. The van der Waals surface area contributed by atoms with Crippen molar-refractivity contribution in [1.82, 2.24) is 20.2 Å². The van der Waals surface area contributed by atoms with Crippen molar-refractivity contribution in [3.63, 3.8) is 0 Å². The standard InChI is InChI=1S/C28H32ClN5O/c1-18-4-9-26(34-12-10-33(3)11-13-34)25-15-22(6-8-23(18)25)32-28(35)20-16-30-27(31-17-20)24-7-5-21(29)14-19(24)2/h4-5,7,9,14,16-17,22H,6,8,10-13,15H2,1-3H3,(H,32,35)/t22-/m1/s1. The van der Waals surface area contributed by atoms with E-state index in [2.05, 4.69) is 51.2 Å². The Labute approximate surface area is 212 Å². The number of carbonyl (C=O) groups is 1. The molecule has 1 N–H and O–H groups in total. The second-order valence-electron chi connectivity index (χ2n) is 9.82. The van der Waals surface area contributed by atoms with E-state index >= 15 is 0 Å². The highest BCUT2D eigenvalue weighted by molar-refractivity contribution is 6.30. The third kappa shape index (κ3) is 5.04. The van der Waals surface area contributed by atoms with Crippen LogP contribution in [0.25, 0.3) is 11.4 Å². The van der Waals surface area contributed by atoms with Crippen LogP contribution in [0.3, 0.4) is 0 Å². The minimum atomic E-state index is -0.119. The van der Waals surface area contributed by atoms with Crippen LogP contribution in [0.2, 0.25) is 5.02 Å². The van der Waals surface area contributed by atoms with E-state index < -0.39 is 0 Å². The van der Waals surface area contributed by atoms with Gasteiger partial charge < -0.3 is 15.1 Å². The molecule has 182 valence electrons. The number of nitrogens with zero attached hydrogens (tertiary/aromatic N) is 4. The molecule has 1 aliphatic heterocycles. The van der Waals surface area contributed by atoms with Gasteiger partial charge in [0.2, 0.25) is 0 Å². The predicted molar refractivity (Wildman–Crippen MR) is 141 cm³/mol. The van der Waals surface area contributed by atoms with E-state index in [4.69, 9.17) is 11.6 Å². The van der Waals surface area contributed by atoms with Gasteiger partial charge in [-0.15, -0.1) is 0 Å². The van der Waals surface area contributed by atoms with E-state index in [0.29, 0.717) is 16.4 Å². The first-order valence-corrected chi connectivity index (χ1v) is 12.7. The van der Waals surface area contributed by atoms with Crippen molar-refractivity contribution in [3.8, 4) is 11.4 Å². The average molecular weight is 490 g/mol. The van der Waals surface area contributed by atoms with E-state index in [1.165, 1.54) is 22.4 Å². The van der Waals surface area contributed by atoms with E-state index in [-0.39, 0.29) is 11.9 Å². The fourth-order valence-corrected chi connectivity index (χ4v) is 5.47. The Morgan fingerprint density at radius 2 is 1.74 bits per heavy atom. The second kappa shape index (κ2) is 9.96. The largest absolute Gasteiger partial charge is 0.369 e. The number of likely N-dealkylation sites (N-methyl/N-ethyl adjacent to an activating group) is 1. The third-order valence-electron chi connectivity index (χ3n) is 7.36. The predicted octanol–water partition coefficient (Wildman–Crippen LogP) is 4.45. The second-order valence-corrected chi connectivity index (χ2v) is 10.3. The van der Waals surface area contributed by atoms with Crippen LogP contribution in [-0.2, 0) is 12.8 Å². The van der Waals surface area contributed by atoms with Crippen LogP contribution in [0.4, 0.5) is 5.69 Å². The van der Waals surface area contributed by atoms with Gasteiger partial charge >= 0.3 is 0 Å². The molecule has 0 radical (unpaired) electrons. The lowest BCUT2D eigenvalue weighted by Gasteiger charge is -2.37. The number of hydrogen-bond acceptors (Lipinski definition) is 5. The number of rotatable bonds is 4. The highest BCUT2D eigenvalue weighted by Gasteiger charge is 2.27. The number of fused-ring (bicyclic) bond motifs is 1. The van der Waals surface area contributed by atoms with E-state index in [1.807, 2.05) is 25.1 Å². The van der Waals surface area contributed by atoms with Crippen molar-refractivity contribution in [2.24, 2.45) is 0 Å². The highest BCUT2D eigenvalue weighted by atomic mass is 35.5. The molecule has 0 spiro atoms. The van der Waals surface area contributed by atoms with Gasteiger partial charge in [0, 0.05) is 60.9 Å². The van der Waals surface area contributed by atoms with Crippen LogP contribution in [0.5, 0.6) is 0 Å². The Bertz CT molecular complexity index is 1230. The number of piperazine rings is 1. The van der Waals surface area contributed by atoms with Gasteiger partial charge in [-0.1, -0.05) is 17.7 Å². The molecule has 6 nitrogen and oxygen atoms in total. The van der Waals surface area contributed by atoms with Crippen molar-refractivity contribution < 1.29 is 4.79 Å². The van der Waals surface area contributed by atoms with E-state index in [0.717, 1.165) is 56.6 Å². The first-order valence-electron chi connectivity index (χ1n) is 12.3. The molecule has 1 aromatic heterocycles. The van der Waals surface area contributed by atoms with Crippen molar-refractivity contribution in [2.75, 3.05) is 38.1 Å². The Hall–Kier alpha value is -2.96. The van der Waals surface area contributed by atoms with E-state index in [9.17, 15) is 4.79 Å². The first-order chi connectivity index (χ1) is 16.9. The lowest BCUT2D eigenvalue weighted by atomic mass is 9.84. The molecule has 1 atom stereocenters. The van der Waals surface area contributed by atoms with Crippen LogP contribution < -0.4 is 10.2 Å². The summed E-state index contributed by atoms with van der Waals surface area (Å²) in [7, 11) is 2.18.